The number of ether oxygens (including phenoxy) is 2. The second kappa shape index (κ2) is 20.6. The first kappa shape index (κ1) is 48.1. The van der Waals surface area contributed by atoms with Crippen molar-refractivity contribution in [2.24, 2.45) is 17.8 Å². The third-order valence-electron chi connectivity index (χ3n) is 8.60. The maximum Gasteiger partial charge on any atom is 0.426 e. The molecule has 0 aliphatic heterocycles. The van der Waals surface area contributed by atoms with E-state index in [2.05, 4.69) is 9.47 Å². The first-order valence-electron chi connectivity index (χ1n) is 16.4. The minimum Gasteiger partial charge on any atom is -0.391 e. The van der Waals surface area contributed by atoms with E-state index in [0.29, 0.717) is 18.8 Å². The van der Waals surface area contributed by atoms with E-state index in [4.69, 9.17) is 5.11 Å². The van der Waals surface area contributed by atoms with Crippen molar-refractivity contribution in [1.29, 1.82) is 0 Å². The predicted molar refractivity (Wildman–Crippen MR) is 155 cm³/mol. The van der Waals surface area contributed by atoms with Crippen molar-refractivity contribution in [1.82, 2.24) is 0 Å². The number of hydrogen-bond acceptors (Lipinski definition) is 4. The van der Waals surface area contributed by atoms with E-state index in [1.807, 2.05) is 27.7 Å². The monoisotopic (exact) mass is 718 g/mol. The summed E-state index contributed by atoms with van der Waals surface area (Å²) in [6.07, 6.45) is -19.2. The molecule has 2 saturated carbocycles. The van der Waals surface area contributed by atoms with Gasteiger partial charge in [-0.05, 0) is 57.3 Å². The minimum atomic E-state index is -5.58. The fraction of sp³-hybridized carbons (Fsp3) is 1.00. The van der Waals surface area contributed by atoms with Crippen LogP contribution in [-0.4, -0.2) is 71.5 Å². The van der Waals surface area contributed by atoms with Gasteiger partial charge in [-0.1, -0.05) is 73.6 Å². The average Bonchev–Trinajstić information content (AvgIpc) is 3.00. The minimum absolute atomic E-state index is 0.00575. The van der Waals surface area contributed by atoms with Crippen LogP contribution < -0.4 is 0 Å². The Hall–Kier alpha value is -1.00. The molecule has 2 aliphatic rings. The number of alkyl halides is 12. The lowest BCUT2D eigenvalue weighted by Crippen LogP contribution is -2.64. The van der Waals surface area contributed by atoms with Crippen molar-refractivity contribution in [3.63, 3.8) is 0 Å². The second-order valence-corrected chi connectivity index (χ2v) is 11.5. The van der Waals surface area contributed by atoms with E-state index >= 15 is 0 Å². The van der Waals surface area contributed by atoms with Crippen LogP contribution in [0.3, 0.4) is 0 Å². The zero-order chi connectivity index (χ0) is 37.5. The smallest absolute Gasteiger partial charge is 0.391 e. The first-order chi connectivity index (χ1) is 21.5. The molecule has 2 N–H and O–H groups in total. The molecule has 47 heavy (non-hydrogen) atoms. The highest BCUT2D eigenvalue weighted by Crippen LogP contribution is 2.55. The fourth-order valence-corrected chi connectivity index (χ4v) is 5.56. The van der Waals surface area contributed by atoms with Crippen LogP contribution in [0.4, 0.5) is 52.7 Å². The fourth-order valence-electron chi connectivity index (χ4n) is 5.56. The summed E-state index contributed by atoms with van der Waals surface area (Å²) in [6.45, 7) is 8.79. The van der Waals surface area contributed by atoms with Crippen molar-refractivity contribution in [3.05, 3.63) is 0 Å². The Labute approximate surface area is 270 Å². The van der Waals surface area contributed by atoms with Crippen LogP contribution in [0.5, 0.6) is 0 Å². The zero-order valence-corrected chi connectivity index (χ0v) is 28.3. The van der Waals surface area contributed by atoms with Crippen molar-refractivity contribution in [2.45, 2.75) is 167 Å². The van der Waals surface area contributed by atoms with Gasteiger partial charge in [-0.15, -0.1) is 0 Å². The van der Waals surface area contributed by atoms with Crippen molar-refractivity contribution >= 4 is 0 Å². The molecular formula is C31H54F12O4. The van der Waals surface area contributed by atoms with Crippen molar-refractivity contribution < 1.29 is 72.4 Å². The van der Waals surface area contributed by atoms with E-state index in [-0.39, 0.29) is 38.5 Å². The van der Waals surface area contributed by atoms with Crippen LogP contribution in [-0.2, 0) is 9.47 Å². The summed E-state index contributed by atoms with van der Waals surface area (Å²) in [4.78, 5) is 0. The van der Waals surface area contributed by atoms with E-state index in [1.165, 1.54) is 13.8 Å². The predicted octanol–water partition coefficient (Wildman–Crippen LogP) is 10.7. The molecule has 0 aromatic heterocycles. The molecule has 0 radical (unpaired) electrons. The number of aliphatic hydroxyl groups is 2. The van der Waals surface area contributed by atoms with Crippen molar-refractivity contribution in [2.75, 3.05) is 13.2 Å². The van der Waals surface area contributed by atoms with Gasteiger partial charge in [0.15, 0.2) is 0 Å². The Bertz CT molecular complexity index is 770. The summed E-state index contributed by atoms with van der Waals surface area (Å²) in [5, 5.41) is 18.4. The van der Waals surface area contributed by atoms with Gasteiger partial charge < -0.3 is 19.7 Å². The van der Waals surface area contributed by atoms with Gasteiger partial charge in [0.1, 0.15) is 0 Å². The van der Waals surface area contributed by atoms with Gasteiger partial charge in [-0.2, -0.15) is 52.7 Å². The SMILES string of the molecule is CC.CC.CCC(O)COC(C)(C(F)(F)F)C(F)(F)F.CCC(O)COC(C1CCC(C2CCCCC2)CC1)(C(F)(F)F)C(F)(F)F. The quantitative estimate of drug-likeness (QED) is 0.221. The van der Waals surface area contributed by atoms with E-state index < -0.39 is 67.2 Å². The molecule has 16 heteroatoms. The third-order valence-corrected chi connectivity index (χ3v) is 8.60. The van der Waals surface area contributed by atoms with Crippen LogP contribution in [0.2, 0.25) is 0 Å². The van der Waals surface area contributed by atoms with Gasteiger partial charge in [-0.25, -0.2) is 0 Å². The highest BCUT2D eigenvalue weighted by molar-refractivity contribution is 5.03. The molecule has 0 saturated heterocycles. The summed E-state index contributed by atoms with van der Waals surface area (Å²) < 4.78 is 164. The van der Waals surface area contributed by atoms with Crippen LogP contribution in [0, 0.1) is 17.8 Å². The number of aliphatic hydroxyl groups excluding tert-OH is 2. The molecule has 0 bridgehead atoms. The molecule has 2 rings (SSSR count). The Balaban J connectivity index is 0. The van der Waals surface area contributed by atoms with Crippen LogP contribution in [0.25, 0.3) is 0 Å². The van der Waals surface area contributed by atoms with Gasteiger partial charge in [0.25, 0.3) is 11.2 Å². The highest BCUT2D eigenvalue weighted by atomic mass is 19.4. The van der Waals surface area contributed by atoms with Gasteiger partial charge >= 0.3 is 24.7 Å². The Morgan fingerprint density at radius 3 is 1.19 bits per heavy atom. The van der Waals surface area contributed by atoms with Crippen molar-refractivity contribution in [3.8, 4) is 0 Å². The summed E-state index contributed by atoms with van der Waals surface area (Å²) in [6, 6.07) is 0. The molecule has 2 fully saturated rings. The van der Waals surface area contributed by atoms with Crippen LogP contribution in [0.15, 0.2) is 0 Å². The third kappa shape index (κ3) is 13.3. The number of hydrogen-bond donors (Lipinski definition) is 2. The normalized spacial score (nSPS) is 21.6. The average molecular weight is 719 g/mol. The van der Waals surface area contributed by atoms with Gasteiger partial charge in [0, 0.05) is 5.92 Å². The maximum atomic E-state index is 13.7. The molecule has 0 spiro atoms. The van der Waals surface area contributed by atoms with E-state index in [1.54, 1.807) is 0 Å². The molecule has 0 aromatic carbocycles. The van der Waals surface area contributed by atoms with Gasteiger partial charge in [-0.3, -0.25) is 0 Å². The summed E-state index contributed by atoms with van der Waals surface area (Å²) in [5.41, 5.74) is -8.45. The highest BCUT2D eigenvalue weighted by Gasteiger charge is 2.75. The molecule has 286 valence electrons. The Morgan fingerprint density at radius 1 is 0.532 bits per heavy atom. The van der Waals surface area contributed by atoms with Gasteiger partial charge in [0.2, 0.25) is 0 Å². The lowest BCUT2D eigenvalue weighted by Gasteiger charge is -2.46. The summed E-state index contributed by atoms with van der Waals surface area (Å²) in [5.74, 6) is -1.03. The molecule has 0 amide bonds. The maximum absolute atomic E-state index is 13.7. The lowest BCUT2D eigenvalue weighted by atomic mass is 9.67. The molecule has 0 heterocycles. The van der Waals surface area contributed by atoms with E-state index in [0.717, 1.165) is 32.1 Å². The summed E-state index contributed by atoms with van der Waals surface area (Å²) in [7, 11) is 0. The Morgan fingerprint density at radius 2 is 0.872 bits per heavy atom. The van der Waals surface area contributed by atoms with Crippen LogP contribution in [0.1, 0.15) is 119 Å². The lowest BCUT2D eigenvalue weighted by molar-refractivity contribution is -0.402. The zero-order valence-electron chi connectivity index (χ0n) is 28.3. The number of halogens is 12. The molecule has 2 unspecified atom stereocenters. The molecule has 2 aliphatic carbocycles. The van der Waals surface area contributed by atoms with Gasteiger partial charge in [0.05, 0.1) is 25.4 Å². The topological polar surface area (TPSA) is 58.9 Å². The largest absolute Gasteiger partial charge is 0.426 e. The van der Waals surface area contributed by atoms with Crippen LogP contribution >= 0.6 is 0 Å². The molecular weight excluding hydrogens is 664 g/mol. The number of rotatable bonds is 10. The second-order valence-electron chi connectivity index (χ2n) is 11.5. The van der Waals surface area contributed by atoms with E-state index in [9.17, 15) is 57.8 Å². The Kier molecular flexibility index (Phi) is 21.1. The molecule has 4 nitrogen and oxygen atoms in total. The standard InChI is InChI=1S/C19H30F6O2.C8H12F6O2.2C2H6/c1-2-16(26)12-27-17(18(20,21)22,19(23,24)25)15-10-8-14(9-11-15)13-6-4-3-5-7-13;1-3-5(15)4-16-6(2,7(9,10)11)8(12,13)14;2*1-2/h13-16,26H,2-12H2,1H3;5,15H,3-4H2,1-2H3;2*1-2H3. The molecule has 0 aromatic rings. The molecule has 2 atom stereocenters. The summed E-state index contributed by atoms with van der Waals surface area (Å²) >= 11 is 0. The first-order valence-corrected chi connectivity index (χ1v) is 16.4.